The van der Waals surface area contributed by atoms with E-state index in [4.69, 9.17) is 11.6 Å². The summed E-state index contributed by atoms with van der Waals surface area (Å²) in [7, 11) is 4.11. The minimum atomic E-state index is -1.13. The number of aldehydes is 1. The van der Waals surface area contributed by atoms with Crippen LogP contribution in [0.25, 0.3) is 0 Å². The zero-order valence-corrected chi connectivity index (χ0v) is 22.3. The third-order valence-corrected chi connectivity index (χ3v) is 8.08. The van der Waals surface area contributed by atoms with Gasteiger partial charge in [0, 0.05) is 43.0 Å². The highest BCUT2D eigenvalue weighted by Crippen LogP contribution is 2.40. The molecule has 2 fully saturated rings. The van der Waals surface area contributed by atoms with Crippen molar-refractivity contribution in [2.24, 2.45) is 11.8 Å². The van der Waals surface area contributed by atoms with Crippen molar-refractivity contribution in [3.05, 3.63) is 34.9 Å². The summed E-state index contributed by atoms with van der Waals surface area (Å²) in [6, 6.07) is 7.47. The highest BCUT2D eigenvalue weighted by atomic mass is 35.5. The van der Waals surface area contributed by atoms with Gasteiger partial charge in [-0.15, -0.1) is 0 Å². The smallest absolute Gasteiger partial charge is 0.317 e. The van der Waals surface area contributed by atoms with Crippen molar-refractivity contribution < 1.29 is 14.7 Å². The Labute approximate surface area is 216 Å². The zero-order chi connectivity index (χ0) is 25.3. The van der Waals surface area contributed by atoms with E-state index in [1.54, 1.807) is 6.07 Å². The number of hydrogen-bond acceptors (Lipinski definition) is 4. The van der Waals surface area contributed by atoms with Gasteiger partial charge >= 0.3 is 6.03 Å². The largest absolute Gasteiger partial charge is 0.385 e. The highest BCUT2D eigenvalue weighted by molar-refractivity contribution is 6.30. The van der Waals surface area contributed by atoms with Gasteiger partial charge in [0.25, 0.3) is 0 Å². The summed E-state index contributed by atoms with van der Waals surface area (Å²) in [5, 5.41) is 15.8. The molecule has 0 unspecified atom stereocenters. The van der Waals surface area contributed by atoms with E-state index in [2.05, 4.69) is 24.3 Å². The number of nitrogens with zero attached hydrogens (tertiary/aromatic N) is 2. The number of aliphatic hydroxyl groups is 1. The standard InChI is InChI=1S/C28H44ClN3O3/c1-31(2)21-26(18-22-10-4-3-5-11-22)30-27(34)32-16-9-13-24(20-32)28(35,15-6-7-17-33)23-12-8-14-25(29)19-23/h8,12,14,17,19,22,24,26,35H,3-7,9-11,13,15-16,18,20-21H2,1-2H3,(H,30,34)/t24-,26+,28-/m1/s1. The first-order valence-electron chi connectivity index (χ1n) is 13.4. The number of unbranched alkanes of at least 4 members (excludes halogenated alkanes) is 1. The van der Waals surface area contributed by atoms with E-state index in [-0.39, 0.29) is 18.0 Å². The molecule has 1 saturated heterocycles. The normalized spacial score (nSPS) is 22.0. The second-order valence-electron chi connectivity index (χ2n) is 10.9. The van der Waals surface area contributed by atoms with Gasteiger partial charge in [-0.1, -0.05) is 55.8 Å². The minimum Gasteiger partial charge on any atom is -0.385 e. The van der Waals surface area contributed by atoms with E-state index in [0.717, 1.165) is 37.7 Å². The Hall–Kier alpha value is -1.63. The van der Waals surface area contributed by atoms with E-state index in [9.17, 15) is 14.7 Å². The van der Waals surface area contributed by atoms with E-state index in [0.29, 0.717) is 43.3 Å². The van der Waals surface area contributed by atoms with Gasteiger partial charge < -0.3 is 25.0 Å². The molecule has 2 amide bonds. The molecule has 1 aliphatic heterocycles. The third-order valence-electron chi connectivity index (χ3n) is 7.84. The number of nitrogens with one attached hydrogen (secondary N) is 1. The van der Waals surface area contributed by atoms with Crippen LogP contribution in [0.3, 0.4) is 0 Å². The van der Waals surface area contributed by atoms with Crippen LogP contribution in [0.1, 0.15) is 76.2 Å². The van der Waals surface area contributed by atoms with Crippen LogP contribution in [0.2, 0.25) is 5.02 Å². The molecule has 3 rings (SSSR count). The quantitative estimate of drug-likeness (QED) is 0.319. The molecule has 1 saturated carbocycles. The number of urea groups is 1. The Morgan fingerprint density at radius 2 is 2.03 bits per heavy atom. The molecule has 2 N–H and O–H groups in total. The lowest BCUT2D eigenvalue weighted by molar-refractivity contribution is -0.108. The fourth-order valence-corrected chi connectivity index (χ4v) is 6.25. The summed E-state index contributed by atoms with van der Waals surface area (Å²) in [5.74, 6) is 0.576. The molecule has 1 aliphatic carbocycles. The number of likely N-dealkylation sites (tertiary alicyclic amines) is 1. The van der Waals surface area contributed by atoms with Crippen molar-refractivity contribution in [1.29, 1.82) is 0 Å². The predicted octanol–water partition coefficient (Wildman–Crippen LogP) is 5.22. The Morgan fingerprint density at radius 3 is 2.71 bits per heavy atom. The van der Waals surface area contributed by atoms with Crippen molar-refractivity contribution in [2.75, 3.05) is 33.7 Å². The van der Waals surface area contributed by atoms with Crippen molar-refractivity contribution in [1.82, 2.24) is 15.1 Å². The zero-order valence-electron chi connectivity index (χ0n) is 21.6. The van der Waals surface area contributed by atoms with E-state index in [1.807, 2.05) is 23.1 Å². The molecule has 35 heavy (non-hydrogen) atoms. The molecule has 6 nitrogen and oxygen atoms in total. The summed E-state index contributed by atoms with van der Waals surface area (Å²) in [6.07, 6.45) is 11.5. The number of piperidine rings is 1. The number of amides is 2. The number of carbonyl (C=O) groups excluding carboxylic acids is 2. The number of hydrogen-bond donors (Lipinski definition) is 2. The highest BCUT2D eigenvalue weighted by Gasteiger charge is 2.41. The number of benzene rings is 1. The Kier molecular flexibility index (Phi) is 10.9. The van der Waals surface area contributed by atoms with Crippen LogP contribution < -0.4 is 5.32 Å². The molecular formula is C28H44ClN3O3. The molecule has 1 heterocycles. The van der Waals surface area contributed by atoms with Crippen LogP contribution in [0.15, 0.2) is 24.3 Å². The van der Waals surface area contributed by atoms with Crippen LogP contribution in [0.5, 0.6) is 0 Å². The fourth-order valence-electron chi connectivity index (χ4n) is 6.06. The minimum absolute atomic E-state index is 0.0290. The van der Waals surface area contributed by atoms with Gasteiger partial charge in [0.2, 0.25) is 0 Å². The summed E-state index contributed by atoms with van der Waals surface area (Å²) in [6.45, 7) is 2.02. The Bertz CT molecular complexity index is 814. The van der Waals surface area contributed by atoms with Gasteiger partial charge in [-0.25, -0.2) is 4.79 Å². The van der Waals surface area contributed by atoms with Crippen LogP contribution in [0.4, 0.5) is 4.79 Å². The average Bonchev–Trinajstić information content (AvgIpc) is 2.84. The molecule has 1 aromatic rings. The number of carbonyl (C=O) groups is 2. The summed E-state index contributed by atoms with van der Waals surface area (Å²) in [4.78, 5) is 28.4. The maximum atomic E-state index is 13.4. The number of halogens is 1. The van der Waals surface area contributed by atoms with Crippen LogP contribution in [0, 0.1) is 11.8 Å². The molecule has 2 aliphatic rings. The third kappa shape index (κ3) is 8.19. The first kappa shape index (κ1) is 27.9. The van der Waals surface area contributed by atoms with E-state index in [1.165, 1.54) is 32.1 Å². The molecule has 0 spiro atoms. The lowest BCUT2D eigenvalue weighted by atomic mass is 9.74. The van der Waals surface area contributed by atoms with Gasteiger partial charge in [0.1, 0.15) is 6.29 Å². The van der Waals surface area contributed by atoms with Crippen molar-refractivity contribution in [2.45, 2.75) is 82.3 Å². The van der Waals surface area contributed by atoms with E-state index < -0.39 is 5.60 Å². The van der Waals surface area contributed by atoms with E-state index >= 15 is 0 Å². The van der Waals surface area contributed by atoms with Crippen molar-refractivity contribution >= 4 is 23.9 Å². The number of rotatable bonds is 11. The summed E-state index contributed by atoms with van der Waals surface area (Å²) in [5.41, 5.74) is -0.358. The molecule has 0 bridgehead atoms. The lowest BCUT2D eigenvalue weighted by Crippen LogP contribution is -2.54. The maximum Gasteiger partial charge on any atom is 0.317 e. The second-order valence-corrected chi connectivity index (χ2v) is 11.4. The van der Waals surface area contributed by atoms with Gasteiger partial charge in [-0.2, -0.15) is 0 Å². The summed E-state index contributed by atoms with van der Waals surface area (Å²) < 4.78 is 0. The topological polar surface area (TPSA) is 72.9 Å². The predicted molar refractivity (Wildman–Crippen MR) is 142 cm³/mol. The van der Waals surface area contributed by atoms with Crippen LogP contribution in [-0.4, -0.2) is 67.0 Å². The Morgan fingerprint density at radius 1 is 1.26 bits per heavy atom. The monoisotopic (exact) mass is 505 g/mol. The molecule has 196 valence electrons. The molecule has 0 radical (unpaired) electrons. The lowest BCUT2D eigenvalue weighted by Gasteiger charge is -2.43. The first-order valence-corrected chi connectivity index (χ1v) is 13.8. The molecule has 0 aromatic heterocycles. The average molecular weight is 506 g/mol. The summed E-state index contributed by atoms with van der Waals surface area (Å²) >= 11 is 6.26. The van der Waals surface area contributed by atoms with Gasteiger partial charge in [0.15, 0.2) is 0 Å². The fraction of sp³-hybridized carbons (Fsp3) is 0.714. The van der Waals surface area contributed by atoms with Crippen molar-refractivity contribution in [3.63, 3.8) is 0 Å². The Balaban J connectivity index is 1.70. The first-order chi connectivity index (χ1) is 16.8. The van der Waals surface area contributed by atoms with Gasteiger partial charge in [0.05, 0.1) is 5.60 Å². The second kappa shape index (κ2) is 13.6. The van der Waals surface area contributed by atoms with Gasteiger partial charge in [-0.3, -0.25) is 0 Å². The maximum absolute atomic E-state index is 13.4. The van der Waals surface area contributed by atoms with Crippen LogP contribution in [-0.2, 0) is 10.4 Å². The van der Waals surface area contributed by atoms with Crippen LogP contribution >= 0.6 is 11.6 Å². The SMILES string of the molecule is CN(C)C[C@H](CC1CCCCC1)NC(=O)N1CCC[C@@H]([C@@](O)(CCCC=O)c2cccc(Cl)c2)C1. The molecule has 1 aromatic carbocycles. The number of likely N-dealkylation sites (N-methyl/N-ethyl adjacent to an activating group) is 1. The van der Waals surface area contributed by atoms with Crippen molar-refractivity contribution in [3.8, 4) is 0 Å². The molecule has 3 atom stereocenters. The van der Waals surface area contributed by atoms with Gasteiger partial charge in [-0.05, 0) is 69.8 Å². The molecular weight excluding hydrogens is 462 g/mol. The molecule has 7 heteroatoms.